The summed E-state index contributed by atoms with van der Waals surface area (Å²) in [6.07, 6.45) is 4.23. The lowest BCUT2D eigenvalue weighted by Gasteiger charge is -2.17. The molecule has 1 aromatic heterocycles. The van der Waals surface area contributed by atoms with Gasteiger partial charge < -0.3 is 10.1 Å². The van der Waals surface area contributed by atoms with Crippen molar-refractivity contribution in [2.24, 2.45) is 0 Å². The van der Waals surface area contributed by atoms with Crippen LogP contribution in [-0.4, -0.2) is 42.7 Å². The molecule has 1 aliphatic carbocycles. The van der Waals surface area contributed by atoms with Gasteiger partial charge in [-0.25, -0.2) is 8.42 Å². The zero-order valence-electron chi connectivity index (χ0n) is 15.3. The van der Waals surface area contributed by atoms with Crippen molar-refractivity contribution in [1.82, 2.24) is 9.78 Å². The fraction of sp³-hybridized carbons (Fsp3) is 0.474. The Bertz CT molecular complexity index is 981. The average molecular weight is 389 g/mol. The predicted octanol–water partition coefficient (Wildman–Crippen LogP) is 2.38. The van der Waals surface area contributed by atoms with Crippen molar-refractivity contribution < 1.29 is 17.9 Å². The molecule has 144 valence electrons. The Morgan fingerprint density at radius 3 is 2.78 bits per heavy atom. The van der Waals surface area contributed by atoms with Crippen LogP contribution in [-0.2, 0) is 22.7 Å². The number of nitrogens with one attached hydrogen (secondary N) is 1. The largest absolute Gasteiger partial charge is 0.495 e. The van der Waals surface area contributed by atoms with E-state index in [0.29, 0.717) is 23.6 Å². The van der Waals surface area contributed by atoms with Crippen LogP contribution < -0.4 is 10.1 Å². The van der Waals surface area contributed by atoms with E-state index in [1.54, 1.807) is 19.2 Å². The highest BCUT2D eigenvalue weighted by Crippen LogP contribution is 2.32. The predicted molar refractivity (Wildman–Crippen MR) is 102 cm³/mol. The first-order valence-corrected chi connectivity index (χ1v) is 11.1. The summed E-state index contributed by atoms with van der Waals surface area (Å²) in [5.74, 6) is 0.599. The van der Waals surface area contributed by atoms with E-state index in [1.807, 2.05) is 16.8 Å². The Hall–Kier alpha value is -2.35. The van der Waals surface area contributed by atoms with Gasteiger partial charge in [0.1, 0.15) is 5.75 Å². The number of amides is 1. The molecule has 1 N–H and O–H groups in total. The molecule has 0 bridgehead atoms. The molecule has 2 aromatic rings. The minimum Gasteiger partial charge on any atom is -0.495 e. The van der Waals surface area contributed by atoms with Crippen LogP contribution in [0.2, 0.25) is 0 Å². The highest BCUT2D eigenvalue weighted by molar-refractivity contribution is 7.91. The number of rotatable bonds is 4. The van der Waals surface area contributed by atoms with Gasteiger partial charge in [-0.3, -0.25) is 9.48 Å². The summed E-state index contributed by atoms with van der Waals surface area (Å²) in [5, 5.41) is 7.48. The molecule has 1 saturated heterocycles. The molecule has 7 nitrogen and oxygen atoms in total. The van der Waals surface area contributed by atoms with Crippen molar-refractivity contribution in [2.75, 3.05) is 23.9 Å². The van der Waals surface area contributed by atoms with Gasteiger partial charge in [0.2, 0.25) is 0 Å². The summed E-state index contributed by atoms with van der Waals surface area (Å²) < 4.78 is 30.9. The summed E-state index contributed by atoms with van der Waals surface area (Å²) in [6, 6.07) is 7.06. The maximum atomic E-state index is 12.9. The first-order valence-electron chi connectivity index (χ1n) is 9.23. The van der Waals surface area contributed by atoms with Crippen LogP contribution in [0.1, 0.15) is 47.1 Å². The molecule has 1 aromatic carbocycles. The lowest BCUT2D eigenvalue weighted by atomic mass is 9.95. The molecule has 0 spiro atoms. The van der Waals surface area contributed by atoms with E-state index >= 15 is 0 Å². The highest BCUT2D eigenvalue weighted by Gasteiger charge is 2.34. The van der Waals surface area contributed by atoms with Crippen molar-refractivity contribution in [2.45, 2.75) is 38.1 Å². The van der Waals surface area contributed by atoms with Crippen LogP contribution in [0.15, 0.2) is 24.3 Å². The number of para-hydroxylation sites is 2. The second kappa shape index (κ2) is 6.99. The van der Waals surface area contributed by atoms with Crippen molar-refractivity contribution in [3.8, 4) is 5.75 Å². The van der Waals surface area contributed by atoms with Gasteiger partial charge >= 0.3 is 0 Å². The zero-order chi connectivity index (χ0) is 19.0. The molecule has 8 heteroatoms. The number of ether oxygens (including phenoxy) is 1. The van der Waals surface area contributed by atoms with E-state index in [2.05, 4.69) is 10.4 Å². The normalized spacial score (nSPS) is 20.9. The second-order valence-corrected chi connectivity index (χ2v) is 9.37. The van der Waals surface area contributed by atoms with Gasteiger partial charge in [-0.15, -0.1) is 0 Å². The third kappa shape index (κ3) is 3.45. The molecule has 0 radical (unpaired) electrons. The van der Waals surface area contributed by atoms with Crippen molar-refractivity contribution in [3.05, 3.63) is 41.2 Å². The van der Waals surface area contributed by atoms with E-state index < -0.39 is 9.84 Å². The first kappa shape index (κ1) is 18.0. The molecule has 1 fully saturated rings. The number of sulfone groups is 1. The van der Waals surface area contributed by atoms with Gasteiger partial charge in [0.25, 0.3) is 5.91 Å². The summed E-state index contributed by atoms with van der Waals surface area (Å²) >= 11 is 0. The molecule has 4 rings (SSSR count). The SMILES string of the molecule is COc1ccccc1NC(=O)c1nn([C@@H]2CCS(=O)(=O)C2)c2c1CCCC2. The van der Waals surface area contributed by atoms with E-state index in [0.717, 1.165) is 36.9 Å². The minimum absolute atomic E-state index is 0.106. The molecule has 0 saturated carbocycles. The number of anilines is 1. The Morgan fingerprint density at radius 2 is 2.04 bits per heavy atom. The number of fused-ring (bicyclic) bond motifs is 1. The Kier molecular flexibility index (Phi) is 4.67. The van der Waals surface area contributed by atoms with Gasteiger partial charge in [-0.05, 0) is 44.2 Å². The molecule has 2 aliphatic rings. The quantitative estimate of drug-likeness (QED) is 0.867. The minimum atomic E-state index is -3.02. The molecular weight excluding hydrogens is 366 g/mol. The highest BCUT2D eigenvalue weighted by atomic mass is 32.2. The second-order valence-electron chi connectivity index (χ2n) is 7.14. The molecule has 27 heavy (non-hydrogen) atoms. The number of carbonyl (C=O) groups is 1. The fourth-order valence-corrected chi connectivity index (χ4v) is 5.70. The third-order valence-electron chi connectivity index (χ3n) is 5.33. The third-order valence-corrected chi connectivity index (χ3v) is 7.08. The lowest BCUT2D eigenvalue weighted by molar-refractivity contribution is 0.102. The average Bonchev–Trinajstić information content (AvgIpc) is 3.22. The maximum Gasteiger partial charge on any atom is 0.276 e. The first-order chi connectivity index (χ1) is 13.0. The van der Waals surface area contributed by atoms with Crippen LogP contribution in [0.3, 0.4) is 0 Å². The topological polar surface area (TPSA) is 90.3 Å². The van der Waals surface area contributed by atoms with Gasteiger partial charge in [0, 0.05) is 11.3 Å². The number of methoxy groups -OCH3 is 1. The Morgan fingerprint density at radius 1 is 1.26 bits per heavy atom. The van der Waals surface area contributed by atoms with Crippen molar-refractivity contribution in [1.29, 1.82) is 0 Å². The molecule has 1 aliphatic heterocycles. The number of nitrogens with zero attached hydrogens (tertiary/aromatic N) is 2. The van der Waals surface area contributed by atoms with E-state index in [9.17, 15) is 13.2 Å². The number of aromatic nitrogens is 2. The number of carbonyl (C=O) groups excluding carboxylic acids is 1. The van der Waals surface area contributed by atoms with Crippen LogP contribution in [0.4, 0.5) is 5.69 Å². The van der Waals surface area contributed by atoms with Gasteiger partial charge in [-0.2, -0.15) is 5.10 Å². The number of benzene rings is 1. The van der Waals surface area contributed by atoms with Crippen LogP contribution >= 0.6 is 0 Å². The number of hydrogen-bond acceptors (Lipinski definition) is 5. The summed E-state index contributed by atoms with van der Waals surface area (Å²) in [7, 11) is -1.46. The van der Waals surface area contributed by atoms with E-state index in [1.165, 1.54) is 0 Å². The van der Waals surface area contributed by atoms with Crippen molar-refractivity contribution >= 4 is 21.4 Å². The van der Waals surface area contributed by atoms with Crippen LogP contribution in [0, 0.1) is 0 Å². The summed E-state index contributed by atoms with van der Waals surface area (Å²) in [5.41, 5.74) is 2.97. The maximum absolute atomic E-state index is 12.9. The lowest BCUT2D eigenvalue weighted by Crippen LogP contribution is -2.17. The van der Waals surface area contributed by atoms with Gasteiger partial charge in [0.05, 0.1) is 30.3 Å². The standard InChI is InChI=1S/C19H23N3O4S/c1-26-17-9-5-3-7-15(17)20-19(23)18-14-6-2-4-8-16(14)22(21-18)13-10-11-27(24,25)12-13/h3,5,7,9,13H,2,4,6,8,10-12H2,1H3,(H,20,23)/t13-/m1/s1. The smallest absolute Gasteiger partial charge is 0.276 e. The van der Waals surface area contributed by atoms with Crippen molar-refractivity contribution in [3.63, 3.8) is 0 Å². The van der Waals surface area contributed by atoms with E-state index in [-0.39, 0.29) is 23.5 Å². The molecule has 1 atom stereocenters. The molecule has 0 unspecified atom stereocenters. The van der Waals surface area contributed by atoms with Crippen LogP contribution in [0.25, 0.3) is 0 Å². The summed E-state index contributed by atoms with van der Waals surface area (Å²) in [4.78, 5) is 12.9. The molecule has 1 amide bonds. The Labute approximate surface area is 158 Å². The fourth-order valence-electron chi connectivity index (χ4n) is 4.01. The van der Waals surface area contributed by atoms with Crippen LogP contribution in [0.5, 0.6) is 5.75 Å². The van der Waals surface area contributed by atoms with Gasteiger partial charge in [-0.1, -0.05) is 12.1 Å². The Balaban J connectivity index is 1.67. The zero-order valence-corrected chi connectivity index (χ0v) is 16.1. The van der Waals surface area contributed by atoms with E-state index in [4.69, 9.17) is 4.74 Å². The van der Waals surface area contributed by atoms with Gasteiger partial charge in [0.15, 0.2) is 15.5 Å². The molecule has 2 heterocycles. The monoisotopic (exact) mass is 389 g/mol. The molecular formula is C19H23N3O4S. The summed E-state index contributed by atoms with van der Waals surface area (Å²) in [6.45, 7) is 0. The number of hydrogen-bond donors (Lipinski definition) is 1.